The lowest BCUT2D eigenvalue weighted by molar-refractivity contribution is 0.0977. The van der Waals surface area contributed by atoms with Crippen molar-refractivity contribution >= 4 is 11.0 Å². The number of fused-ring (bicyclic) bond motifs is 1. The molecule has 106 valence electrons. The summed E-state index contributed by atoms with van der Waals surface area (Å²) in [6, 6.07) is 2.77. The topological polar surface area (TPSA) is 34.4 Å². The van der Waals surface area contributed by atoms with Crippen LogP contribution in [0.3, 0.4) is 0 Å². The first kappa shape index (κ1) is 15.6. The molecule has 3 nitrogen and oxygen atoms in total. The van der Waals surface area contributed by atoms with Crippen LogP contribution in [-0.2, 0) is 4.74 Å². The van der Waals surface area contributed by atoms with Gasteiger partial charge in [0.2, 0.25) is 0 Å². The summed E-state index contributed by atoms with van der Waals surface area (Å²) in [6.07, 6.45) is 0.645. The Hall–Kier alpha value is -1.46. The second-order valence-electron chi connectivity index (χ2n) is 3.71. The number of ether oxygens (including phenoxy) is 1. The maximum atomic E-state index is 14.1. The molecule has 1 heterocycles. The third-order valence-electron chi connectivity index (χ3n) is 2.67. The maximum absolute atomic E-state index is 14.1. The summed E-state index contributed by atoms with van der Waals surface area (Å²) in [5, 5.41) is 3.23. The van der Waals surface area contributed by atoms with Crippen molar-refractivity contribution in [3.63, 3.8) is 0 Å². The molecule has 19 heavy (non-hydrogen) atoms. The van der Waals surface area contributed by atoms with Crippen molar-refractivity contribution in [2.24, 2.45) is 0 Å². The van der Waals surface area contributed by atoms with Crippen molar-refractivity contribution in [3.8, 4) is 0 Å². The Bertz CT molecular complexity index is 525. The highest BCUT2D eigenvalue weighted by Crippen LogP contribution is 2.30. The fourth-order valence-corrected chi connectivity index (χ4v) is 1.84. The van der Waals surface area contributed by atoms with Crippen molar-refractivity contribution in [1.82, 2.24) is 5.32 Å². The smallest absolute Gasteiger partial charge is 0.175 e. The van der Waals surface area contributed by atoms with E-state index in [4.69, 9.17) is 9.15 Å². The van der Waals surface area contributed by atoms with Gasteiger partial charge in [0, 0.05) is 19.0 Å². The molecule has 0 bridgehead atoms. The molecule has 2 rings (SSSR count). The third kappa shape index (κ3) is 3.11. The highest BCUT2D eigenvalue weighted by atomic mass is 19.1. The average molecular weight is 271 g/mol. The van der Waals surface area contributed by atoms with E-state index < -0.39 is 17.7 Å². The number of rotatable bonds is 4. The molecule has 1 aromatic carbocycles. The molecule has 0 radical (unpaired) electrons. The number of hydrogen-bond acceptors (Lipinski definition) is 3. The molecule has 0 saturated heterocycles. The number of benzene rings is 1. The summed E-state index contributed by atoms with van der Waals surface area (Å²) in [5.74, 6) is -1.33. The fourth-order valence-electron chi connectivity index (χ4n) is 1.84. The lowest BCUT2D eigenvalue weighted by Gasteiger charge is -2.16. The number of likely N-dealkylation sites (N-methyl/N-ethyl adjacent to an activating group) is 1. The molecule has 0 amide bonds. The molecule has 0 saturated carbocycles. The van der Waals surface area contributed by atoms with Crippen molar-refractivity contribution < 1.29 is 17.9 Å². The van der Waals surface area contributed by atoms with Crippen molar-refractivity contribution in [3.05, 3.63) is 35.6 Å². The van der Waals surface area contributed by atoms with Gasteiger partial charge in [0.1, 0.15) is 11.9 Å². The van der Waals surface area contributed by atoms with Crippen LogP contribution in [0.1, 0.15) is 25.5 Å². The van der Waals surface area contributed by atoms with Gasteiger partial charge in [-0.2, -0.15) is 0 Å². The Morgan fingerprint density at radius 3 is 2.63 bits per heavy atom. The van der Waals surface area contributed by atoms with Crippen molar-refractivity contribution in [2.75, 3.05) is 20.7 Å². The molecular formula is C14H19F2NO2. The van der Waals surface area contributed by atoms with Gasteiger partial charge in [0.25, 0.3) is 0 Å². The number of furan rings is 1. The van der Waals surface area contributed by atoms with Crippen LogP contribution in [0, 0.1) is 11.6 Å². The van der Waals surface area contributed by atoms with Crippen LogP contribution in [-0.4, -0.2) is 20.7 Å². The van der Waals surface area contributed by atoms with Gasteiger partial charge in [-0.05, 0) is 19.2 Å². The van der Waals surface area contributed by atoms with Crippen LogP contribution in [0.4, 0.5) is 8.78 Å². The summed E-state index contributed by atoms with van der Waals surface area (Å²) in [6.45, 7) is 4.32. The van der Waals surface area contributed by atoms with Crippen LogP contribution in [0.2, 0.25) is 0 Å². The van der Waals surface area contributed by atoms with Gasteiger partial charge in [-0.25, -0.2) is 8.78 Å². The highest BCUT2D eigenvalue weighted by Gasteiger charge is 2.23. The first-order valence-corrected chi connectivity index (χ1v) is 6.21. The zero-order valence-electron chi connectivity index (χ0n) is 11.6. The van der Waals surface area contributed by atoms with E-state index in [2.05, 4.69) is 5.32 Å². The van der Waals surface area contributed by atoms with Gasteiger partial charge >= 0.3 is 0 Å². The van der Waals surface area contributed by atoms with Crippen LogP contribution in [0.25, 0.3) is 11.0 Å². The number of methoxy groups -OCH3 is 1. The Labute approximate surface area is 111 Å². The summed E-state index contributed by atoms with van der Waals surface area (Å²) in [7, 11) is 3.10. The minimum Gasteiger partial charge on any atom is -0.461 e. The minimum atomic E-state index is -0.702. The molecule has 1 aromatic heterocycles. The zero-order chi connectivity index (χ0) is 14.4. The van der Waals surface area contributed by atoms with Gasteiger partial charge in [0.05, 0.1) is 11.8 Å². The van der Waals surface area contributed by atoms with E-state index in [0.717, 1.165) is 0 Å². The maximum Gasteiger partial charge on any atom is 0.175 e. The minimum absolute atomic E-state index is 0.0551. The normalized spacial score (nSPS) is 12.1. The van der Waals surface area contributed by atoms with Crippen LogP contribution < -0.4 is 5.32 Å². The lowest BCUT2D eigenvalue weighted by atomic mass is 10.1. The van der Waals surface area contributed by atoms with Crippen LogP contribution in [0.15, 0.2) is 22.8 Å². The molecule has 1 unspecified atom stereocenters. The van der Waals surface area contributed by atoms with Gasteiger partial charge in [-0.15, -0.1) is 0 Å². The quantitative estimate of drug-likeness (QED) is 0.921. The predicted molar refractivity (Wildman–Crippen MR) is 71.2 cm³/mol. The standard InChI is InChI=1S/C12H13F2NO2.C2H6/c1-15-6-9(16-2)10-8(13)5-7-3-4-17-12(7)11(10)14;1-2/h3-5,9,15H,6H2,1-2H3;1-2H3. The molecule has 0 aliphatic rings. The van der Waals surface area contributed by atoms with Crippen LogP contribution >= 0.6 is 0 Å². The Balaban J connectivity index is 0.000000861. The van der Waals surface area contributed by atoms with Crippen LogP contribution in [0.5, 0.6) is 0 Å². The second-order valence-corrected chi connectivity index (χ2v) is 3.71. The zero-order valence-corrected chi connectivity index (χ0v) is 11.6. The largest absolute Gasteiger partial charge is 0.461 e. The molecule has 0 aliphatic carbocycles. The molecule has 5 heteroatoms. The SMILES string of the molecule is CC.CNCC(OC)c1c(F)cc2ccoc2c1F. The van der Waals surface area contributed by atoms with E-state index in [-0.39, 0.29) is 11.1 Å². The molecular weight excluding hydrogens is 252 g/mol. The number of nitrogens with one attached hydrogen (secondary N) is 1. The Kier molecular flexibility index (Phi) is 5.92. The summed E-state index contributed by atoms with van der Waals surface area (Å²) in [4.78, 5) is 0. The van der Waals surface area contributed by atoms with E-state index in [0.29, 0.717) is 11.9 Å². The molecule has 0 aliphatic heterocycles. The van der Waals surface area contributed by atoms with Gasteiger partial charge < -0.3 is 14.5 Å². The molecule has 1 N–H and O–H groups in total. The molecule has 2 aromatic rings. The highest BCUT2D eigenvalue weighted by molar-refractivity contribution is 5.78. The van der Waals surface area contributed by atoms with Gasteiger partial charge in [-0.3, -0.25) is 0 Å². The van der Waals surface area contributed by atoms with E-state index in [9.17, 15) is 8.78 Å². The first-order valence-electron chi connectivity index (χ1n) is 6.21. The van der Waals surface area contributed by atoms with Gasteiger partial charge in [-0.1, -0.05) is 13.8 Å². The van der Waals surface area contributed by atoms with Crippen molar-refractivity contribution in [1.29, 1.82) is 0 Å². The summed E-state index contributed by atoms with van der Waals surface area (Å²) in [5.41, 5.74) is -0.0520. The average Bonchev–Trinajstić information content (AvgIpc) is 2.88. The summed E-state index contributed by atoms with van der Waals surface area (Å²) >= 11 is 0. The van der Waals surface area contributed by atoms with Gasteiger partial charge in [0.15, 0.2) is 11.4 Å². The monoisotopic (exact) mass is 271 g/mol. The summed E-state index contributed by atoms with van der Waals surface area (Å²) < 4.78 is 38.0. The van der Waals surface area contributed by atoms with E-state index in [1.54, 1.807) is 7.05 Å². The van der Waals surface area contributed by atoms with Crippen molar-refractivity contribution in [2.45, 2.75) is 20.0 Å². The molecule has 1 atom stereocenters. The second kappa shape index (κ2) is 7.21. The predicted octanol–water partition coefficient (Wildman–Crippen LogP) is 3.64. The molecule has 0 fully saturated rings. The third-order valence-corrected chi connectivity index (χ3v) is 2.67. The lowest BCUT2D eigenvalue weighted by Crippen LogP contribution is -2.20. The van der Waals surface area contributed by atoms with E-state index in [1.165, 1.54) is 25.5 Å². The van der Waals surface area contributed by atoms with E-state index in [1.807, 2.05) is 13.8 Å². The Morgan fingerprint density at radius 1 is 1.37 bits per heavy atom. The van der Waals surface area contributed by atoms with E-state index >= 15 is 0 Å². The number of halogens is 2. The first-order chi connectivity index (χ1) is 9.19. The Morgan fingerprint density at radius 2 is 2.05 bits per heavy atom. The molecule has 0 spiro atoms. The fraction of sp³-hybridized carbons (Fsp3) is 0.429. The number of hydrogen-bond donors (Lipinski definition) is 1.